The lowest BCUT2D eigenvalue weighted by Crippen LogP contribution is -2.29. The van der Waals surface area contributed by atoms with Gasteiger partial charge in [-0.3, -0.25) is 9.59 Å². The number of hydrogen-bond acceptors (Lipinski definition) is 7. The SMILES string of the molecule is CC(C)(C)OC(=O)c1c[nH]c2cc(Cl)c(-c3ccc(OCCNC(=O)CCOCCOCCC(=O)O)cc3)cc12. The summed E-state index contributed by atoms with van der Waals surface area (Å²) in [4.78, 5) is 38.0. The van der Waals surface area contributed by atoms with Gasteiger partial charge in [0.05, 0.1) is 50.0 Å². The summed E-state index contributed by atoms with van der Waals surface area (Å²) in [6, 6.07) is 11.0. The molecule has 3 aromatic rings. The number of esters is 1. The molecule has 0 saturated carbocycles. The molecule has 0 radical (unpaired) electrons. The van der Waals surface area contributed by atoms with Crippen LogP contribution in [0.15, 0.2) is 42.6 Å². The van der Waals surface area contributed by atoms with Crippen molar-refractivity contribution < 1.29 is 38.4 Å². The van der Waals surface area contributed by atoms with Gasteiger partial charge in [-0.15, -0.1) is 0 Å². The molecular weight excluding hydrogens is 540 g/mol. The summed E-state index contributed by atoms with van der Waals surface area (Å²) in [6.07, 6.45) is 1.78. The second-order valence-electron chi connectivity index (χ2n) is 9.92. The number of aromatic amines is 1. The van der Waals surface area contributed by atoms with Crippen molar-refractivity contribution in [2.24, 2.45) is 0 Å². The standard InChI is InChI=1S/C29H35ClN2O8/c1-29(2,3)40-28(36)23-18-32-25-17-24(30)21(16-22(23)25)19-4-6-20(7-5-19)39-13-10-31-26(33)8-11-37-14-15-38-12-9-27(34)35/h4-7,16-18,32H,8-15H2,1-3H3,(H,31,33)(H,34,35). The van der Waals surface area contributed by atoms with E-state index in [2.05, 4.69) is 10.3 Å². The van der Waals surface area contributed by atoms with Crippen LogP contribution in [0.4, 0.5) is 0 Å². The molecular formula is C29H35ClN2O8. The number of carbonyl (C=O) groups excluding carboxylic acids is 2. The molecule has 3 rings (SSSR count). The molecule has 0 aliphatic heterocycles. The second kappa shape index (κ2) is 14.7. The Hall–Kier alpha value is -3.60. The minimum atomic E-state index is -0.912. The van der Waals surface area contributed by atoms with Crippen LogP contribution in [0.2, 0.25) is 5.02 Å². The molecule has 11 heteroatoms. The van der Waals surface area contributed by atoms with E-state index in [1.54, 1.807) is 12.3 Å². The number of carbonyl (C=O) groups is 3. The Labute approximate surface area is 237 Å². The Kier molecular flexibility index (Phi) is 11.4. The highest BCUT2D eigenvalue weighted by atomic mass is 35.5. The molecule has 0 spiro atoms. The summed E-state index contributed by atoms with van der Waals surface area (Å²) in [5.41, 5.74) is 2.21. The van der Waals surface area contributed by atoms with Crippen molar-refractivity contribution in [3.8, 4) is 16.9 Å². The van der Waals surface area contributed by atoms with Gasteiger partial charge in [-0.25, -0.2) is 4.79 Å². The molecule has 2 aromatic carbocycles. The maximum absolute atomic E-state index is 12.7. The van der Waals surface area contributed by atoms with Gasteiger partial charge in [0.25, 0.3) is 0 Å². The zero-order valence-electron chi connectivity index (χ0n) is 22.9. The molecule has 1 amide bonds. The summed E-state index contributed by atoms with van der Waals surface area (Å²) < 4.78 is 21.7. The van der Waals surface area contributed by atoms with Gasteiger partial charge in [-0.1, -0.05) is 23.7 Å². The van der Waals surface area contributed by atoms with Gasteiger partial charge in [0.1, 0.15) is 18.0 Å². The molecule has 0 fully saturated rings. The molecule has 1 aromatic heterocycles. The minimum absolute atomic E-state index is 0.0501. The number of halogens is 1. The molecule has 1 heterocycles. The van der Waals surface area contributed by atoms with Crippen molar-refractivity contribution in [2.75, 3.05) is 39.6 Å². The van der Waals surface area contributed by atoms with Crippen molar-refractivity contribution in [3.05, 3.63) is 53.2 Å². The molecule has 10 nitrogen and oxygen atoms in total. The average Bonchev–Trinajstić information content (AvgIpc) is 3.30. The van der Waals surface area contributed by atoms with E-state index in [4.69, 9.17) is 35.7 Å². The number of ether oxygens (including phenoxy) is 4. The maximum Gasteiger partial charge on any atom is 0.340 e. The number of hydrogen-bond donors (Lipinski definition) is 3. The number of nitrogens with one attached hydrogen (secondary N) is 2. The Morgan fingerprint density at radius 2 is 1.62 bits per heavy atom. The van der Waals surface area contributed by atoms with Crippen LogP contribution in [0, 0.1) is 0 Å². The van der Waals surface area contributed by atoms with Gasteiger partial charge in [0, 0.05) is 29.1 Å². The number of benzene rings is 2. The molecule has 0 aliphatic rings. The number of H-pyrrole nitrogens is 1. The predicted octanol–water partition coefficient (Wildman–Crippen LogP) is 4.84. The number of carboxylic acids is 1. The van der Waals surface area contributed by atoms with Crippen LogP contribution in [0.5, 0.6) is 5.75 Å². The smallest absolute Gasteiger partial charge is 0.340 e. The highest BCUT2D eigenvalue weighted by Crippen LogP contribution is 2.34. The first kappa shape index (κ1) is 30.9. The average molecular weight is 575 g/mol. The van der Waals surface area contributed by atoms with Gasteiger partial charge in [0.15, 0.2) is 0 Å². The first-order chi connectivity index (χ1) is 19.0. The lowest BCUT2D eigenvalue weighted by Gasteiger charge is -2.19. The third-order valence-electron chi connectivity index (χ3n) is 5.55. The van der Waals surface area contributed by atoms with E-state index in [0.29, 0.717) is 36.1 Å². The molecule has 3 N–H and O–H groups in total. The van der Waals surface area contributed by atoms with E-state index < -0.39 is 17.5 Å². The van der Waals surface area contributed by atoms with Crippen LogP contribution in [-0.4, -0.2) is 73.1 Å². The third kappa shape index (κ3) is 9.86. The van der Waals surface area contributed by atoms with Crippen LogP contribution >= 0.6 is 11.6 Å². The Balaban J connectivity index is 1.44. The summed E-state index contributed by atoms with van der Waals surface area (Å²) >= 11 is 6.55. The third-order valence-corrected chi connectivity index (χ3v) is 5.86. The second-order valence-corrected chi connectivity index (χ2v) is 10.3. The van der Waals surface area contributed by atoms with Gasteiger partial charge >= 0.3 is 11.9 Å². The summed E-state index contributed by atoms with van der Waals surface area (Å²) in [7, 11) is 0. The van der Waals surface area contributed by atoms with E-state index in [9.17, 15) is 14.4 Å². The monoisotopic (exact) mass is 574 g/mol. The zero-order valence-corrected chi connectivity index (χ0v) is 23.6. The minimum Gasteiger partial charge on any atom is -0.492 e. The maximum atomic E-state index is 12.7. The Morgan fingerprint density at radius 1 is 0.950 bits per heavy atom. The number of amides is 1. The lowest BCUT2D eigenvalue weighted by atomic mass is 10.0. The molecule has 0 aliphatic carbocycles. The highest BCUT2D eigenvalue weighted by molar-refractivity contribution is 6.34. The van der Waals surface area contributed by atoms with Crippen LogP contribution in [0.25, 0.3) is 22.0 Å². The van der Waals surface area contributed by atoms with E-state index >= 15 is 0 Å². The number of carboxylic acid groups (broad SMARTS) is 1. The van der Waals surface area contributed by atoms with Crippen molar-refractivity contribution in [2.45, 2.75) is 39.2 Å². The number of fused-ring (bicyclic) bond motifs is 1. The largest absolute Gasteiger partial charge is 0.492 e. The van der Waals surface area contributed by atoms with Gasteiger partial charge in [-0.2, -0.15) is 0 Å². The van der Waals surface area contributed by atoms with Crippen LogP contribution in [-0.2, 0) is 23.8 Å². The fraction of sp³-hybridized carbons (Fsp3) is 0.414. The summed E-state index contributed by atoms with van der Waals surface area (Å²) in [5.74, 6) is -0.843. The fourth-order valence-corrected chi connectivity index (χ4v) is 3.96. The van der Waals surface area contributed by atoms with Crippen molar-refractivity contribution in [1.29, 1.82) is 0 Å². The summed E-state index contributed by atoms with van der Waals surface area (Å²) in [6.45, 7) is 7.05. The number of aliphatic carboxylic acids is 1. The first-order valence-electron chi connectivity index (χ1n) is 12.9. The fourth-order valence-electron chi connectivity index (χ4n) is 3.69. The quantitative estimate of drug-likeness (QED) is 0.173. The molecule has 40 heavy (non-hydrogen) atoms. The van der Waals surface area contributed by atoms with E-state index in [-0.39, 0.29) is 38.6 Å². The van der Waals surface area contributed by atoms with Gasteiger partial charge in [0.2, 0.25) is 5.91 Å². The summed E-state index contributed by atoms with van der Waals surface area (Å²) in [5, 5.41) is 12.5. The van der Waals surface area contributed by atoms with Gasteiger partial charge in [-0.05, 0) is 50.6 Å². The molecule has 0 unspecified atom stereocenters. The molecule has 0 saturated heterocycles. The van der Waals surface area contributed by atoms with Crippen LogP contribution < -0.4 is 10.1 Å². The van der Waals surface area contributed by atoms with E-state index in [0.717, 1.165) is 22.0 Å². The van der Waals surface area contributed by atoms with Crippen molar-refractivity contribution in [3.63, 3.8) is 0 Å². The first-order valence-corrected chi connectivity index (χ1v) is 13.3. The topological polar surface area (TPSA) is 136 Å². The highest BCUT2D eigenvalue weighted by Gasteiger charge is 2.21. The molecule has 0 bridgehead atoms. The number of rotatable bonds is 15. The molecule has 0 atom stereocenters. The normalized spacial score (nSPS) is 11.4. The van der Waals surface area contributed by atoms with Crippen LogP contribution in [0.3, 0.4) is 0 Å². The van der Waals surface area contributed by atoms with Crippen LogP contribution in [0.1, 0.15) is 44.0 Å². The molecule has 216 valence electrons. The predicted molar refractivity (Wildman–Crippen MR) is 151 cm³/mol. The zero-order chi connectivity index (χ0) is 29.1. The van der Waals surface area contributed by atoms with Crippen molar-refractivity contribution >= 4 is 40.3 Å². The van der Waals surface area contributed by atoms with Gasteiger partial charge < -0.3 is 34.4 Å². The van der Waals surface area contributed by atoms with E-state index in [1.165, 1.54) is 0 Å². The number of aromatic nitrogens is 1. The van der Waals surface area contributed by atoms with E-state index in [1.807, 2.05) is 51.1 Å². The van der Waals surface area contributed by atoms with Crippen molar-refractivity contribution in [1.82, 2.24) is 10.3 Å². The Morgan fingerprint density at radius 3 is 2.27 bits per heavy atom. The lowest BCUT2D eigenvalue weighted by molar-refractivity contribution is -0.138. The Bertz CT molecular complexity index is 1300.